The van der Waals surface area contributed by atoms with E-state index in [2.05, 4.69) is 20.9 Å². The number of hydrogen-bond donors (Lipinski definition) is 2. The maximum absolute atomic E-state index is 9.81. The van der Waals surface area contributed by atoms with Crippen LogP contribution in [-0.4, -0.2) is 29.4 Å². The summed E-state index contributed by atoms with van der Waals surface area (Å²) in [7, 11) is 0. The summed E-state index contributed by atoms with van der Waals surface area (Å²) in [4.78, 5) is 3.97. The molecule has 1 aromatic carbocycles. The second-order valence-corrected chi connectivity index (χ2v) is 5.07. The van der Waals surface area contributed by atoms with E-state index < -0.39 is 6.10 Å². The number of aliphatic hydroxyl groups is 1. The Bertz CT molecular complexity index is 566. The first-order valence-corrected chi connectivity index (χ1v) is 6.83. The molecule has 1 heterocycles. The minimum Gasteiger partial charge on any atom is -0.489 e. The van der Waals surface area contributed by atoms with E-state index in [1.807, 2.05) is 12.1 Å². The summed E-state index contributed by atoms with van der Waals surface area (Å²) in [5.74, 6) is 1.13. The van der Waals surface area contributed by atoms with Crippen LogP contribution in [0.1, 0.15) is 0 Å². The zero-order chi connectivity index (χ0) is 14.4. The minimum atomic E-state index is -0.756. The summed E-state index contributed by atoms with van der Waals surface area (Å²) in [6.07, 6.45) is 2.48. The predicted molar refractivity (Wildman–Crippen MR) is 79.8 cm³/mol. The molecule has 0 saturated carbocycles. The maximum Gasteiger partial charge on any atom is 0.142 e. The zero-order valence-corrected chi connectivity index (χ0v) is 12.3. The fraction of sp³-hybridized carbons (Fsp3) is 0.214. The third-order valence-electron chi connectivity index (χ3n) is 2.47. The molecule has 3 N–H and O–H groups in total. The fourth-order valence-corrected chi connectivity index (χ4v) is 1.85. The number of nitrogen functional groups attached to an aromatic ring is 1. The minimum absolute atomic E-state index is 0.107. The molecule has 0 bridgehead atoms. The molecule has 20 heavy (non-hydrogen) atoms. The lowest BCUT2D eigenvalue weighted by Crippen LogP contribution is -2.25. The number of ether oxygens (including phenoxy) is 2. The number of anilines is 1. The molecule has 0 spiro atoms. The quantitative estimate of drug-likeness (QED) is 0.790. The summed E-state index contributed by atoms with van der Waals surface area (Å²) in [6.45, 7) is 0.223. The molecule has 1 atom stereocenters. The van der Waals surface area contributed by atoms with Gasteiger partial charge < -0.3 is 20.3 Å². The van der Waals surface area contributed by atoms with Gasteiger partial charge in [0.15, 0.2) is 0 Å². The van der Waals surface area contributed by atoms with Crippen molar-refractivity contribution in [2.75, 3.05) is 18.9 Å². The number of para-hydroxylation sites is 2. The first-order valence-electron chi connectivity index (χ1n) is 6.04. The van der Waals surface area contributed by atoms with Crippen LogP contribution in [-0.2, 0) is 0 Å². The molecule has 0 amide bonds. The van der Waals surface area contributed by atoms with Crippen LogP contribution in [0, 0.1) is 0 Å². The highest BCUT2D eigenvalue weighted by Gasteiger charge is 2.08. The Balaban J connectivity index is 1.78. The van der Waals surface area contributed by atoms with Gasteiger partial charge in [-0.15, -0.1) is 0 Å². The number of benzene rings is 1. The number of nitrogens with zero attached hydrogens (tertiary/aromatic N) is 1. The van der Waals surface area contributed by atoms with E-state index in [0.717, 1.165) is 4.47 Å². The van der Waals surface area contributed by atoms with Gasteiger partial charge in [-0.05, 0) is 34.1 Å². The highest BCUT2D eigenvalue weighted by atomic mass is 79.9. The van der Waals surface area contributed by atoms with Crippen LogP contribution in [0.3, 0.4) is 0 Å². The first-order chi connectivity index (χ1) is 9.65. The standard InChI is InChI=1S/C14H15BrN2O3/c15-10-5-12(7-17-6-10)19-8-11(18)9-20-14-4-2-1-3-13(14)16/h1-7,11,18H,8-9,16H2. The number of halogens is 1. The van der Waals surface area contributed by atoms with Crippen LogP contribution in [0.15, 0.2) is 47.2 Å². The summed E-state index contributed by atoms with van der Waals surface area (Å²) >= 11 is 3.29. The Morgan fingerprint density at radius 1 is 1.20 bits per heavy atom. The molecule has 1 aromatic heterocycles. The van der Waals surface area contributed by atoms with Gasteiger partial charge >= 0.3 is 0 Å². The molecule has 0 aliphatic rings. The summed E-state index contributed by atoms with van der Waals surface area (Å²) in [5, 5.41) is 9.81. The van der Waals surface area contributed by atoms with E-state index in [1.54, 1.807) is 30.6 Å². The number of pyridine rings is 1. The average Bonchev–Trinajstić information content (AvgIpc) is 2.44. The monoisotopic (exact) mass is 338 g/mol. The van der Waals surface area contributed by atoms with Gasteiger partial charge in [-0.1, -0.05) is 12.1 Å². The van der Waals surface area contributed by atoms with Crippen LogP contribution in [0.2, 0.25) is 0 Å². The number of aliphatic hydroxyl groups excluding tert-OH is 1. The van der Waals surface area contributed by atoms with Crippen LogP contribution in [0.5, 0.6) is 11.5 Å². The third-order valence-corrected chi connectivity index (χ3v) is 2.91. The van der Waals surface area contributed by atoms with Crippen molar-refractivity contribution in [2.24, 2.45) is 0 Å². The molecule has 0 fully saturated rings. The fourth-order valence-electron chi connectivity index (χ4n) is 1.51. The van der Waals surface area contributed by atoms with Crippen molar-refractivity contribution in [2.45, 2.75) is 6.10 Å². The zero-order valence-electron chi connectivity index (χ0n) is 10.7. The number of aromatic nitrogens is 1. The molecule has 0 aliphatic carbocycles. The Morgan fingerprint density at radius 3 is 2.70 bits per heavy atom. The molecular weight excluding hydrogens is 324 g/mol. The van der Waals surface area contributed by atoms with Crippen molar-refractivity contribution >= 4 is 21.6 Å². The van der Waals surface area contributed by atoms with Crippen molar-refractivity contribution < 1.29 is 14.6 Å². The smallest absolute Gasteiger partial charge is 0.142 e. The topological polar surface area (TPSA) is 77.6 Å². The number of rotatable bonds is 6. The molecule has 6 heteroatoms. The highest BCUT2D eigenvalue weighted by molar-refractivity contribution is 9.10. The van der Waals surface area contributed by atoms with Gasteiger partial charge in [0.25, 0.3) is 0 Å². The van der Waals surface area contributed by atoms with E-state index in [4.69, 9.17) is 15.2 Å². The van der Waals surface area contributed by atoms with E-state index in [-0.39, 0.29) is 13.2 Å². The number of hydrogen-bond acceptors (Lipinski definition) is 5. The largest absolute Gasteiger partial charge is 0.489 e. The van der Waals surface area contributed by atoms with Crippen molar-refractivity contribution in [1.82, 2.24) is 4.98 Å². The van der Waals surface area contributed by atoms with Crippen LogP contribution in [0.25, 0.3) is 0 Å². The van der Waals surface area contributed by atoms with E-state index in [9.17, 15) is 5.11 Å². The van der Waals surface area contributed by atoms with E-state index in [0.29, 0.717) is 17.2 Å². The molecule has 0 saturated heterocycles. The van der Waals surface area contributed by atoms with Crippen molar-refractivity contribution in [3.8, 4) is 11.5 Å². The van der Waals surface area contributed by atoms with Gasteiger partial charge in [-0.2, -0.15) is 0 Å². The second kappa shape index (κ2) is 7.12. The van der Waals surface area contributed by atoms with E-state index in [1.165, 1.54) is 0 Å². The van der Waals surface area contributed by atoms with Crippen molar-refractivity contribution in [3.05, 3.63) is 47.2 Å². The van der Waals surface area contributed by atoms with Crippen LogP contribution >= 0.6 is 15.9 Å². The van der Waals surface area contributed by atoms with Gasteiger partial charge in [0.1, 0.15) is 30.8 Å². The van der Waals surface area contributed by atoms with Gasteiger partial charge in [-0.25, -0.2) is 0 Å². The Kier molecular flexibility index (Phi) is 5.20. The summed E-state index contributed by atoms with van der Waals surface area (Å²) in [5.41, 5.74) is 6.28. The first kappa shape index (κ1) is 14.6. The molecule has 0 aliphatic heterocycles. The average molecular weight is 339 g/mol. The lowest BCUT2D eigenvalue weighted by molar-refractivity contribution is 0.0627. The Morgan fingerprint density at radius 2 is 1.95 bits per heavy atom. The summed E-state index contributed by atoms with van der Waals surface area (Å²) in [6, 6.07) is 8.91. The highest BCUT2D eigenvalue weighted by Crippen LogP contribution is 2.20. The van der Waals surface area contributed by atoms with Gasteiger partial charge in [0, 0.05) is 10.7 Å². The molecular formula is C14H15BrN2O3. The van der Waals surface area contributed by atoms with Gasteiger partial charge in [0.05, 0.1) is 11.9 Å². The number of nitrogens with two attached hydrogens (primary N) is 1. The van der Waals surface area contributed by atoms with Crippen LogP contribution < -0.4 is 15.2 Å². The normalized spacial score (nSPS) is 11.9. The van der Waals surface area contributed by atoms with Crippen molar-refractivity contribution in [3.63, 3.8) is 0 Å². The molecule has 2 rings (SSSR count). The predicted octanol–water partition coefficient (Wildman–Crippen LogP) is 2.25. The molecule has 2 aromatic rings. The molecule has 5 nitrogen and oxygen atoms in total. The SMILES string of the molecule is Nc1ccccc1OCC(O)COc1cncc(Br)c1. The third kappa shape index (κ3) is 4.40. The molecule has 0 radical (unpaired) electrons. The van der Waals surface area contributed by atoms with Gasteiger partial charge in [0.2, 0.25) is 0 Å². The lowest BCUT2D eigenvalue weighted by Gasteiger charge is -2.14. The summed E-state index contributed by atoms with van der Waals surface area (Å²) < 4.78 is 11.7. The Labute approximate surface area is 125 Å². The van der Waals surface area contributed by atoms with Crippen molar-refractivity contribution in [1.29, 1.82) is 0 Å². The Hall–Kier alpha value is -1.79. The lowest BCUT2D eigenvalue weighted by atomic mass is 10.3. The molecule has 1 unspecified atom stereocenters. The van der Waals surface area contributed by atoms with E-state index >= 15 is 0 Å². The maximum atomic E-state index is 9.81. The van der Waals surface area contributed by atoms with Crippen LogP contribution in [0.4, 0.5) is 5.69 Å². The second-order valence-electron chi connectivity index (χ2n) is 4.15. The van der Waals surface area contributed by atoms with Gasteiger partial charge in [-0.3, -0.25) is 4.98 Å². The molecule has 106 valence electrons.